The highest BCUT2D eigenvalue weighted by molar-refractivity contribution is 7.98. The van der Waals surface area contributed by atoms with Crippen LogP contribution in [0.5, 0.6) is 0 Å². The predicted molar refractivity (Wildman–Crippen MR) is 67.8 cm³/mol. The van der Waals surface area contributed by atoms with Gasteiger partial charge < -0.3 is 0 Å². The van der Waals surface area contributed by atoms with Crippen LogP contribution in [0.3, 0.4) is 0 Å². The second-order valence-corrected chi connectivity index (χ2v) is 4.64. The first-order valence-corrected chi connectivity index (χ1v) is 6.53. The molecule has 0 N–H and O–H groups in total. The van der Waals surface area contributed by atoms with Crippen LogP contribution in [0, 0.1) is 12.7 Å². The molecule has 2 aromatic rings. The normalized spacial score (nSPS) is 10.5. The Kier molecular flexibility index (Phi) is 3.74. The molecule has 0 saturated heterocycles. The van der Waals surface area contributed by atoms with Crippen molar-refractivity contribution in [1.29, 1.82) is 0 Å². The Morgan fingerprint density at radius 1 is 1.24 bits per heavy atom. The molecule has 88 valence electrons. The Bertz CT molecular complexity index is 511. The topological polar surface area (TPSA) is 25.8 Å². The van der Waals surface area contributed by atoms with E-state index in [0.717, 1.165) is 21.7 Å². The second kappa shape index (κ2) is 5.27. The maximum absolute atomic E-state index is 12.8. The van der Waals surface area contributed by atoms with E-state index in [-0.39, 0.29) is 5.82 Å². The summed E-state index contributed by atoms with van der Waals surface area (Å²) < 4.78 is 12.8. The van der Waals surface area contributed by atoms with Gasteiger partial charge in [-0.3, -0.25) is 0 Å². The van der Waals surface area contributed by atoms with Gasteiger partial charge in [0.2, 0.25) is 0 Å². The van der Waals surface area contributed by atoms with Crippen LogP contribution < -0.4 is 0 Å². The predicted octanol–water partition coefficient (Wildman–Crippen LogP) is 3.24. The van der Waals surface area contributed by atoms with E-state index >= 15 is 0 Å². The molecule has 2 rings (SSSR count). The number of halogens is 1. The van der Waals surface area contributed by atoms with Gasteiger partial charge in [-0.1, -0.05) is 12.1 Å². The molecule has 4 heteroatoms. The number of thioether (sulfide) groups is 1. The Morgan fingerprint density at radius 2 is 1.94 bits per heavy atom. The molecule has 1 aromatic carbocycles. The van der Waals surface area contributed by atoms with Crippen LogP contribution in [-0.2, 0) is 6.42 Å². The van der Waals surface area contributed by atoms with Crippen LogP contribution in [0.25, 0.3) is 0 Å². The Hall–Kier alpha value is -1.42. The number of aromatic nitrogens is 2. The van der Waals surface area contributed by atoms with Gasteiger partial charge in [0.1, 0.15) is 5.82 Å². The Morgan fingerprint density at radius 3 is 2.59 bits per heavy atom. The zero-order valence-corrected chi connectivity index (χ0v) is 10.6. The molecule has 1 aromatic heterocycles. The summed E-state index contributed by atoms with van der Waals surface area (Å²) in [7, 11) is 0. The lowest BCUT2D eigenvalue weighted by Crippen LogP contribution is -1.99. The quantitative estimate of drug-likeness (QED) is 0.780. The number of nitrogens with zero attached hydrogens (tertiary/aromatic N) is 2. The third-order valence-corrected chi connectivity index (χ3v) is 3.51. The molecular weight excluding hydrogens is 235 g/mol. The summed E-state index contributed by atoms with van der Waals surface area (Å²) in [5.41, 5.74) is 3.14. The standard InChI is InChI=1S/C13H13FN2S/c1-9-12(16-15-8-13(9)17-2)7-10-3-5-11(14)6-4-10/h3-6,8H,7H2,1-2H3. The monoisotopic (exact) mass is 248 g/mol. The maximum Gasteiger partial charge on any atom is 0.123 e. The van der Waals surface area contributed by atoms with Gasteiger partial charge in [-0.25, -0.2) is 4.39 Å². The molecule has 0 unspecified atom stereocenters. The van der Waals surface area contributed by atoms with Crippen LogP contribution >= 0.6 is 11.8 Å². The highest BCUT2D eigenvalue weighted by atomic mass is 32.2. The highest BCUT2D eigenvalue weighted by Crippen LogP contribution is 2.21. The molecule has 17 heavy (non-hydrogen) atoms. The molecule has 0 atom stereocenters. The van der Waals surface area contributed by atoms with Gasteiger partial charge in [0.25, 0.3) is 0 Å². The number of benzene rings is 1. The van der Waals surface area contributed by atoms with E-state index in [1.807, 2.05) is 13.2 Å². The first-order valence-electron chi connectivity index (χ1n) is 5.30. The molecule has 2 nitrogen and oxygen atoms in total. The van der Waals surface area contributed by atoms with Gasteiger partial charge in [-0.05, 0) is 36.4 Å². The first-order chi connectivity index (χ1) is 8.20. The van der Waals surface area contributed by atoms with Crippen molar-refractivity contribution in [2.24, 2.45) is 0 Å². The zero-order chi connectivity index (χ0) is 12.3. The van der Waals surface area contributed by atoms with Gasteiger partial charge >= 0.3 is 0 Å². The first kappa shape index (κ1) is 12.0. The van der Waals surface area contributed by atoms with Crippen molar-refractivity contribution in [2.75, 3.05) is 6.26 Å². The molecule has 0 aliphatic carbocycles. The molecule has 0 saturated carbocycles. The summed E-state index contributed by atoms with van der Waals surface area (Å²) in [6.45, 7) is 2.04. The summed E-state index contributed by atoms with van der Waals surface area (Å²) >= 11 is 1.66. The third kappa shape index (κ3) is 2.82. The molecule has 1 heterocycles. The van der Waals surface area contributed by atoms with Crippen molar-refractivity contribution in [1.82, 2.24) is 10.2 Å². The summed E-state index contributed by atoms with van der Waals surface area (Å²) in [5.74, 6) is -0.213. The van der Waals surface area contributed by atoms with Crippen molar-refractivity contribution >= 4 is 11.8 Å². The smallest absolute Gasteiger partial charge is 0.123 e. The minimum absolute atomic E-state index is 0.213. The molecule has 0 amide bonds. The van der Waals surface area contributed by atoms with E-state index in [1.165, 1.54) is 12.1 Å². The highest BCUT2D eigenvalue weighted by Gasteiger charge is 2.06. The van der Waals surface area contributed by atoms with Crippen LogP contribution in [0.4, 0.5) is 4.39 Å². The summed E-state index contributed by atoms with van der Waals surface area (Å²) in [6.07, 6.45) is 4.48. The molecule has 0 spiro atoms. The fourth-order valence-electron chi connectivity index (χ4n) is 1.63. The van der Waals surface area contributed by atoms with Crippen LogP contribution in [0.15, 0.2) is 35.4 Å². The molecule has 0 radical (unpaired) electrons. The lowest BCUT2D eigenvalue weighted by molar-refractivity contribution is 0.627. The molecule has 0 aliphatic rings. The lowest BCUT2D eigenvalue weighted by Gasteiger charge is -2.07. The summed E-state index contributed by atoms with van der Waals surface area (Å²) in [6, 6.07) is 6.50. The van der Waals surface area contributed by atoms with E-state index in [4.69, 9.17) is 0 Å². The molecule has 0 fully saturated rings. The fraction of sp³-hybridized carbons (Fsp3) is 0.231. The van der Waals surface area contributed by atoms with Crippen LogP contribution in [0.1, 0.15) is 16.8 Å². The van der Waals surface area contributed by atoms with Gasteiger partial charge in [0.15, 0.2) is 0 Å². The minimum Gasteiger partial charge on any atom is -0.207 e. The van der Waals surface area contributed by atoms with Crippen molar-refractivity contribution in [3.63, 3.8) is 0 Å². The lowest BCUT2D eigenvalue weighted by atomic mass is 10.1. The molecule has 0 aliphatic heterocycles. The molecular formula is C13H13FN2S. The average Bonchev–Trinajstić information content (AvgIpc) is 2.35. The van der Waals surface area contributed by atoms with E-state index in [2.05, 4.69) is 10.2 Å². The van der Waals surface area contributed by atoms with Gasteiger partial charge in [-0.15, -0.1) is 11.8 Å². The van der Waals surface area contributed by atoms with E-state index < -0.39 is 0 Å². The zero-order valence-electron chi connectivity index (χ0n) is 9.77. The molecule has 0 bridgehead atoms. The maximum atomic E-state index is 12.8. The minimum atomic E-state index is -0.213. The van der Waals surface area contributed by atoms with E-state index in [9.17, 15) is 4.39 Å². The van der Waals surface area contributed by atoms with Crippen LogP contribution in [-0.4, -0.2) is 16.5 Å². The Labute approximate surface area is 104 Å². The fourth-order valence-corrected chi connectivity index (χ4v) is 2.21. The van der Waals surface area contributed by atoms with Crippen molar-refractivity contribution in [2.45, 2.75) is 18.2 Å². The van der Waals surface area contributed by atoms with E-state index in [1.54, 1.807) is 30.1 Å². The van der Waals surface area contributed by atoms with Gasteiger partial charge in [0, 0.05) is 11.3 Å². The van der Waals surface area contributed by atoms with Crippen LogP contribution in [0.2, 0.25) is 0 Å². The van der Waals surface area contributed by atoms with Crippen molar-refractivity contribution < 1.29 is 4.39 Å². The number of hydrogen-bond acceptors (Lipinski definition) is 3. The summed E-state index contributed by atoms with van der Waals surface area (Å²) in [4.78, 5) is 1.14. The number of rotatable bonds is 3. The Balaban J connectivity index is 2.27. The average molecular weight is 248 g/mol. The van der Waals surface area contributed by atoms with Gasteiger partial charge in [0.05, 0.1) is 11.9 Å². The summed E-state index contributed by atoms with van der Waals surface area (Å²) in [5, 5.41) is 8.13. The van der Waals surface area contributed by atoms with E-state index in [0.29, 0.717) is 6.42 Å². The second-order valence-electron chi connectivity index (χ2n) is 3.79. The van der Waals surface area contributed by atoms with Crippen molar-refractivity contribution in [3.8, 4) is 0 Å². The third-order valence-electron chi connectivity index (χ3n) is 2.66. The number of hydrogen-bond donors (Lipinski definition) is 0. The largest absolute Gasteiger partial charge is 0.207 e. The SMILES string of the molecule is CSc1cnnc(Cc2ccc(F)cc2)c1C. The van der Waals surface area contributed by atoms with Crippen molar-refractivity contribution in [3.05, 3.63) is 53.1 Å². The van der Waals surface area contributed by atoms with Gasteiger partial charge in [-0.2, -0.15) is 10.2 Å².